The van der Waals surface area contributed by atoms with E-state index in [0.29, 0.717) is 12.0 Å². The molecule has 0 radical (unpaired) electrons. The highest BCUT2D eigenvalue weighted by Gasteiger charge is 2.53. The van der Waals surface area contributed by atoms with Crippen LogP contribution >= 0.6 is 0 Å². The highest BCUT2D eigenvalue weighted by Crippen LogP contribution is 2.31. The number of nitrogens with zero attached hydrogens (tertiary/aromatic N) is 6. The van der Waals surface area contributed by atoms with E-state index in [1.165, 1.54) is 4.90 Å². The van der Waals surface area contributed by atoms with Gasteiger partial charge in [0.15, 0.2) is 5.78 Å². The van der Waals surface area contributed by atoms with Gasteiger partial charge in [0.2, 0.25) is 5.91 Å². The third-order valence-corrected chi connectivity index (χ3v) is 7.40. The predicted octanol–water partition coefficient (Wildman–Crippen LogP) is 1.44. The number of nitrogens with one attached hydrogen (secondary N) is 1. The summed E-state index contributed by atoms with van der Waals surface area (Å²) in [5.74, 6) is -1.07. The Bertz CT molecular complexity index is 1000. The first-order chi connectivity index (χ1) is 16.8. The van der Waals surface area contributed by atoms with E-state index in [4.69, 9.17) is 10.3 Å². The van der Waals surface area contributed by atoms with Crippen LogP contribution in [0.1, 0.15) is 30.6 Å². The number of carbonyl (C=O) groups excluding carboxylic acids is 3. The highest BCUT2D eigenvalue weighted by atomic mass is 16.5. The van der Waals surface area contributed by atoms with Gasteiger partial charge in [-0.25, -0.2) is 0 Å². The minimum absolute atomic E-state index is 0.0898. The van der Waals surface area contributed by atoms with Gasteiger partial charge >= 0.3 is 0 Å². The number of ether oxygens (including phenoxy) is 1. The van der Waals surface area contributed by atoms with Crippen LogP contribution in [-0.2, 0) is 14.3 Å². The summed E-state index contributed by atoms with van der Waals surface area (Å²) in [6, 6.07) is 5.19. The molecule has 11 heteroatoms. The molecule has 0 aliphatic carbocycles. The van der Waals surface area contributed by atoms with E-state index in [0.717, 1.165) is 31.9 Å². The van der Waals surface area contributed by atoms with Crippen LogP contribution in [0.4, 0.5) is 5.69 Å². The molecular formula is C24H33N7O4. The molecule has 0 bridgehead atoms. The molecule has 1 aromatic rings. The number of hydrogen-bond donors (Lipinski definition) is 1. The number of carbonyl (C=O) groups is 3. The lowest BCUT2D eigenvalue weighted by Gasteiger charge is -2.34. The van der Waals surface area contributed by atoms with Crippen molar-refractivity contribution in [2.75, 3.05) is 51.3 Å². The van der Waals surface area contributed by atoms with Crippen LogP contribution in [0.3, 0.4) is 0 Å². The second kappa shape index (κ2) is 10.6. The third kappa shape index (κ3) is 5.12. The number of Topliss-reactive ketones (excluding diaryl/α,β-unsaturated/α-hetero) is 1. The SMILES string of the molecule is CC[C@H](C)[C@H](NC(=O)c1ccc(N2CCN(C)CC2)cc1)C(=O)N1C[C@@H](N=[N+]=[N-])[C@H]2OCC(=O)[C@H]21. The maximum Gasteiger partial charge on any atom is 0.251 e. The number of likely N-dealkylation sites (tertiary alicyclic amines) is 1. The Hall–Kier alpha value is -3.14. The Morgan fingerprint density at radius 1 is 1.23 bits per heavy atom. The first-order valence-electron chi connectivity index (χ1n) is 12.2. The van der Waals surface area contributed by atoms with Crippen molar-refractivity contribution < 1.29 is 19.1 Å². The van der Waals surface area contributed by atoms with Gasteiger partial charge < -0.3 is 24.8 Å². The molecule has 3 aliphatic rings. The van der Waals surface area contributed by atoms with Gasteiger partial charge in [0.25, 0.3) is 5.91 Å². The summed E-state index contributed by atoms with van der Waals surface area (Å²) in [6.45, 7) is 7.67. The molecule has 3 aliphatic heterocycles. The average molecular weight is 484 g/mol. The largest absolute Gasteiger partial charge is 0.369 e. The molecule has 5 atom stereocenters. The maximum atomic E-state index is 13.6. The van der Waals surface area contributed by atoms with Crippen molar-refractivity contribution >= 4 is 23.3 Å². The Labute approximate surface area is 205 Å². The molecule has 3 heterocycles. The van der Waals surface area contributed by atoms with Gasteiger partial charge in [-0.3, -0.25) is 14.4 Å². The van der Waals surface area contributed by atoms with Gasteiger partial charge in [0, 0.05) is 48.9 Å². The number of fused-ring (bicyclic) bond motifs is 1. The van der Waals surface area contributed by atoms with Crippen LogP contribution < -0.4 is 10.2 Å². The summed E-state index contributed by atoms with van der Waals surface area (Å²) in [5.41, 5.74) is 10.4. The molecule has 1 aromatic carbocycles. The molecule has 0 spiro atoms. The van der Waals surface area contributed by atoms with Crippen LogP contribution in [-0.4, -0.2) is 98.0 Å². The maximum absolute atomic E-state index is 13.6. The van der Waals surface area contributed by atoms with Gasteiger partial charge in [-0.2, -0.15) is 0 Å². The number of azide groups is 1. The second-order valence-electron chi connectivity index (χ2n) is 9.62. The number of benzene rings is 1. The van der Waals surface area contributed by atoms with Crippen molar-refractivity contribution in [2.45, 2.75) is 44.5 Å². The standard InChI is InChI=1S/C24H33N7O4/c1-4-15(2)20(24(34)31-13-18(27-28-25)22-21(31)19(32)14-35-22)26-23(33)16-5-7-17(8-6-16)30-11-9-29(3)10-12-30/h5-8,15,18,20-22H,4,9-14H2,1-3H3,(H,26,33)/t15-,18+,20-,21+,22+/m0/s1. The quantitative estimate of drug-likeness (QED) is 0.355. The van der Waals surface area contributed by atoms with Crippen molar-refractivity contribution in [3.63, 3.8) is 0 Å². The molecule has 35 heavy (non-hydrogen) atoms. The fourth-order valence-corrected chi connectivity index (χ4v) is 5.00. The molecular weight excluding hydrogens is 450 g/mol. The first-order valence-corrected chi connectivity index (χ1v) is 12.2. The zero-order valence-electron chi connectivity index (χ0n) is 20.5. The molecule has 0 aromatic heterocycles. The second-order valence-corrected chi connectivity index (χ2v) is 9.62. The smallest absolute Gasteiger partial charge is 0.251 e. The Balaban J connectivity index is 1.48. The van der Waals surface area contributed by atoms with Crippen molar-refractivity contribution in [2.24, 2.45) is 11.0 Å². The molecule has 188 valence electrons. The van der Waals surface area contributed by atoms with Crippen molar-refractivity contribution in [3.05, 3.63) is 40.3 Å². The van der Waals surface area contributed by atoms with Gasteiger partial charge in [0.1, 0.15) is 18.7 Å². The fraction of sp³-hybridized carbons (Fsp3) is 0.625. The van der Waals surface area contributed by atoms with Crippen LogP contribution in [0.25, 0.3) is 10.4 Å². The van der Waals surface area contributed by atoms with Gasteiger partial charge in [0.05, 0.1) is 12.1 Å². The lowest BCUT2D eigenvalue weighted by Crippen LogP contribution is -2.54. The Morgan fingerprint density at radius 2 is 1.91 bits per heavy atom. The summed E-state index contributed by atoms with van der Waals surface area (Å²) >= 11 is 0. The minimum Gasteiger partial charge on any atom is -0.369 e. The van der Waals surface area contributed by atoms with Crippen LogP contribution in [0.2, 0.25) is 0 Å². The molecule has 11 nitrogen and oxygen atoms in total. The number of anilines is 1. The highest BCUT2D eigenvalue weighted by molar-refractivity contribution is 5.99. The van der Waals surface area contributed by atoms with Crippen molar-refractivity contribution in [1.29, 1.82) is 0 Å². The van der Waals surface area contributed by atoms with E-state index in [-0.39, 0.29) is 36.7 Å². The summed E-state index contributed by atoms with van der Waals surface area (Å²) in [7, 11) is 2.11. The summed E-state index contributed by atoms with van der Waals surface area (Å²) in [4.78, 5) is 48.0. The van der Waals surface area contributed by atoms with E-state index < -0.39 is 24.2 Å². The van der Waals surface area contributed by atoms with Crippen LogP contribution in [0.5, 0.6) is 0 Å². The Morgan fingerprint density at radius 3 is 2.54 bits per heavy atom. The number of likely N-dealkylation sites (N-methyl/N-ethyl adjacent to an activating group) is 1. The number of ketones is 1. The van der Waals surface area contributed by atoms with E-state index in [1.807, 2.05) is 26.0 Å². The first kappa shape index (κ1) is 25.0. The number of piperazine rings is 1. The number of hydrogen-bond acceptors (Lipinski definition) is 7. The summed E-state index contributed by atoms with van der Waals surface area (Å²) < 4.78 is 5.52. The van der Waals surface area contributed by atoms with Crippen molar-refractivity contribution in [1.82, 2.24) is 15.1 Å². The fourth-order valence-electron chi connectivity index (χ4n) is 5.00. The predicted molar refractivity (Wildman–Crippen MR) is 130 cm³/mol. The van der Waals surface area contributed by atoms with E-state index in [9.17, 15) is 14.4 Å². The molecule has 0 saturated carbocycles. The minimum atomic E-state index is -0.816. The lowest BCUT2D eigenvalue weighted by atomic mass is 9.96. The van der Waals surface area contributed by atoms with Gasteiger partial charge in [-0.15, -0.1) is 0 Å². The lowest BCUT2D eigenvalue weighted by molar-refractivity contribution is -0.139. The van der Waals surface area contributed by atoms with Gasteiger partial charge in [-0.05, 0) is 42.8 Å². The van der Waals surface area contributed by atoms with Crippen LogP contribution in [0.15, 0.2) is 29.4 Å². The molecule has 0 unspecified atom stereocenters. The molecule has 3 fully saturated rings. The van der Waals surface area contributed by atoms with E-state index in [1.54, 1.807) is 12.1 Å². The zero-order valence-corrected chi connectivity index (χ0v) is 20.5. The summed E-state index contributed by atoms with van der Waals surface area (Å²) in [6.07, 6.45) is 0.0170. The molecule has 3 saturated heterocycles. The average Bonchev–Trinajstić information content (AvgIpc) is 3.43. The number of rotatable bonds is 7. The normalized spacial score (nSPS) is 26.1. The number of amides is 2. The van der Waals surface area contributed by atoms with Crippen LogP contribution in [0, 0.1) is 5.92 Å². The third-order valence-electron chi connectivity index (χ3n) is 7.40. The Kier molecular flexibility index (Phi) is 7.59. The van der Waals surface area contributed by atoms with E-state index in [2.05, 4.69) is 32.2 Å². The monoisotopic (exact) mass is 483 g/mol. The van der Waals surface area contributed by atoms with Gasteiger partial charge in [-0.1, -0.05) is 25.4 Å². The molecule has 4 rings (SSSR count). The molecule has 1 N–H and O–H groups in total. The van der Waals surface area contributed by atoms with Crippen molar-refractivity contribution in [3.8, 4) is 0 Å². The zero-order chi connectivity index (χ0) is 25.1. The summed E-state index contributed by atoms with van der Waals surface area (Å²) in [5, 5.41) is 6.63. The van der Waals surface area contributed by atoms with E-state index >= 15 is 0 Å². The molecule has 2 amide bonds. The topological polar surface area (TPSA) is 131 Å².